The van der Waals surface area contributed by atoms with Crippen LogP contribution < -0.4 is 5.32 Å². The smallest absolute Gasteiger partial charge is 0.320 e. The first-order valence-electron chi connectivity index (χ1n) is 13.5. The molecule has 6 rings (SSSR count). The molecule has 0 bridgehead atoms. The molecule has 0 aliphatic carbocycles. The van der Waals surface area contributed by atoms with Gasteiger partial charge in [-0.2, -0.15) is 0 Å². The number of anilines is 1. The second kappa shape index (κ2) is 10.4. The van der Waals surface area contributed by atoms with Crippen LogP contribution in [-0.4, -0.2) is 76.8 Å². The van der Waals surface area contributed by atoms with Gasteiger partial charge in [-0.05, 0) is 66.8 Å². The predicted molar refractivity (Wildman–Crippen MR) is 148 cm³/mol. The number of pyridine rings is 1. The molecule has 1 N–H and O–H groups in total. The van der Waals surface area contributed by atoms with Crippen molar-refractivity contribution in [3.63, 3.8) is 0 Å². The number of nitrogens with one attached hydrogen (secondary N) is 1. The fourth-order valence-corrected chi connectivity index (χ4v) is 6.53. The first-order chi connectivity index (χ1) is 18.5. The molecule has 4 amide bonds. The standard InChI is InChI=1S/C29H33N5O3S/c35-25(32-12-6-21(7-13-32)18-24-3-1-16-38-24)5-4-22-17-23-19-29(27(36)31-26(23)30-20-22)8-14-34(15-9-29)28(37)33-10-2-11-33/h1,3-6,16-17,20H,2,7-15,18-19H2,(H,30,31,36)/b5-4+. The van der Waals surface area contributed by atoms with Crippen molar-refractivity contribution in [2.24, 2.45) is 5.41 Å². The van der Waals surface area contributed by atoms with Gasteiger partial charge in [0.1, 0.15) is 5.82 Å². The number of nitrogens with zero attached hydrogens (tertiary/aromatic N) is 4. The monoisotopic (exact) mass is 531 g/mol. The molecule has 6 heterocycles. The highest BCUT2D eigenvalue weighted by Crippen LogP contribution is 2.41. The van der Waals surface area contributed by atoms with Crippen LogP contribution in [-0.2, 0) is 22.4 Å². The van der Waals surface area contributed by atoms with Gasteiger partial charge in [0.2, 0.25) is 11.8 Å². The van der Waals surface area contributed by atoms with Crippen molar-refractivity contribution in [1.29, 1.82) is 0 Å². The van der Waals surface area contributed by atoms with Gasteiger partial charge in [0.05, 0.1) is 5.41 Å². The molecule has 0 atom stereocenters. The summed E-state index contributed by atoms with van der Waals surface area (Å²) in [6.45, 7) is 4.23. The number of thiophene rings is 1. The Hall–Kier alpha value is -3.46. The number of fused-ring (bicyclic) bond motifs is 1. The van der Waals surface area contributed by atoms with Crippen molar-refractivity contribution in [2.45, 2.75) is 38.5 Å². The van der Waals surface area contributed by atoms with Gasteiger partial charge < -0.3 is 20.0 Å². The van der Waals surface area contributed by atoms with Gasteiger partial charge in [-0.3, -0.25) is 9.59 Å². The van der Waals surface area contributed by atoms with Gasteiger partial charge in [-0.1, -0.05) is 17.7 Å². The van der Waals surface area contributed by atoms with E-state index in [1.54, 1.807) is 23.6 Å². The number of rotatable bonds is 4. The summed E-state index contributed by atoms with van der Waals surface area (Å²) in [6.07, 6.45) is 12.2. The molecule has 8 nitrogen and oxygen atoms in total. The van der Waals surface area contributed by atoms with Crippen LogP contribution in [0.25, 0.3) is 6.08 Å². The molecule has 4 aliphatic heterocycles. The average Bonchev–Trinajstić information content (AvgIpc) is 3.41. The lowest BCUT2D eigenvalue weighted by atomic mass is 9.71. The van der Waals surface area contributed by atoms with Crippen LogP contribution in [0.4, 0.5) is 10.6 Å². The van der Waals surface area contributed by atoms with Crippen LogP contribution >= 0.6 is 11.3 Å². The van der Waals surface area contributed by atoms with Gasteiger partial charge in [-0.15, -0.1) is 11.3 Å². The van der Waals surface area contributed by atoms with Gasteiger partial charge in [0.15, 0.2) is 0 Å². The number of likely N-dealkylation sites (tertiary alicyclic amines) is 2. The Bertz CT molecular complexity index is 1290. The Morgan fingerprint density at radius 2 is 1.92 bits per heavy atom. The minimum absolute atomic E-state index is 0.00170. The number of carbonyl (C=O) groups is 3. The molecule has 0 unspecified atom stereocenters. The summed E-state index contributed by atoms with van der Waals surface area (Å²) in [7, 11) is 0. The maximum absolute atomic E-state index is 13.1. The van der Waals surface area contributed by atoms with E-state index in [1.165, 1.54) is 10.5 Å². The number of amides is 4. The summed E-state index contributed by atoms with van der Waals surface area (Å²) < 4.78 is 0. The third-order valence-electron chi connectivity index (χ3n) is 8.36. The zero-order chi connectivity index (χ0) is 26.1. The number of hydrogen-bond acceptors (Lipinski definition) is 5. The summed E-state index contributed by atoms with van der Waals surface area (Å²) in [4.78, 5) is 50.0. The van der Waals surface area contributed by atoms with Crippen molar-refractivity contribution >= 4 is 41.1 Å². The Labute approximate surface area is 227 Å². The normalized spacial score (nSPS) is 20.7. The van der Waals surface area contributed by atoms with Gasteiger partial charge in [0, 0.05) is 62.8 Å². The minimum atomic E-state index is -0.514. The lowest BCUT2D eigenvalue weighted by Crippen LogP contribution is -2.55. The maximum atomic E-state index is 13.1. The molecular formula is C29H33N5O3S. The Balaban J connectivity index is 1.07. The minimum Gasteiger partial charge on any atom is -0.335 e. The van der Waals surface area contributed by atoms with Crippen molar-refractivity contribution in [2.75, 3.05) is 44.6 Å². The topological polar surface area (TPSA) is 85.9 Å². The van der Waals surface area contributed by atoms with Gasteiger partial charge in [-0.25, -0.2) is 9.78 Å². The van der Waals surface area contributed by atoms with Crippen LogP contribution in [0.1, 0.15) is 41.7 Å². The van der Waals surface area contributed by atoms with Crippen molar-refractivity contribution in [1.82, 2.24) is 19.7 Å². The molecule has 0 radical (unpaired) electrons. The summed E-state index contributed by atoms with van der Waals surface area (Å²) in [5.74, 6) is 0.601. The van der Waals surface area contributed by atoms with Crippen molar-refractivity contribution in [3.8, 4) is 0 Å². The summed E-state index contributed by atoms with van der Waals surface area (Å²) in [5, 5.41) is 5.10. The highest BCUT2D eigenvalue weighted by atomic mass is 32.1. The maximum Gasteiger partial charge on any atom is 0.320 e. The average molecular weight is 532 g/mol. The summed E-state index contributed by atoms with van der Waals surface area (Å²) in [6, 6.07) is 6.36. The SMILES string of the molecule is O=C(/C=C/c1cnc2c(c1)CC1(CCN(C(=O)N3CCC3)CC1)C(=O)N2)N1CC=C(Cc2cccs2)CC1. The molecule has 2 aromatic rings. The highest BCUT2D eigenvalue weighted by Gasteiger charge is 2.46. The van der Waals surface area contributed by atoms with Crippen molar-refractivity contribution < 1.29 is 14.4 Å². The largest absolute Gasteiger partial charge is 0.335 e. The predicted octanol–water partition coefficient (Wildman–Crippen LogP) is 3.96. The molecule has 198 valence electrons. The summed E-state index contributed by atoms with van der Waals surface area (Å²) in [5.41, 5.74) is 2.71. The van der Waals surface area contributed by atoms with Gasteiger partial charge in [0.25, 0.3) is 0 Å². The molecule has 4 aliphatic rings. The zero-order valence-electron chi connectivity index (χ0n) is 21.5. The van der Waals surface area contributed by atoms with E-state index in [-0.39, 0.29) is 17.8 Å². The third-order valence-corrected chi connectivity index (χ3v) is 9.24. The Kier molecular flexibility index (Phi) is 6.78. The number of urea groups is 1. The van der Waals surface area contributed by atoms with E-state index < -0.39 is 5.41 Å². The second-order valence-electron chi connectivity index (χ2n) is 10.8. The zero-order valence-corrected chi connectivity index (χ0v) is 22.3. The molecule has 2 saturated heterocycles. The lowest BCUT2D eigenvalue weighted by Gasteiger charge is -2.45. The molecule has 0 aromatic carbocycles. The molecule has 2 aromatic heterocycles. The van der Waals surface area contributed by atoms with E-state index in [4.69, 9.17) is 0 Å². The second-order valence-corrected chi connectivity index (χ2v) is 11.8. The first-order valence-corrected chi connectivity index (χ1v) is 14.4. The highest BCUT2D eigenvalue weighted by molar-refractivity contribution is 7.09. The number of aromatic nitrogens is 1. The quantitative estimate of drug-likeness (QED) is 0.478. The lowest BCUT2D eigenvalue weighted by molar-refractivity contribution is -0.128. The van der Waals surface area contributed by atoms with Crippen LogP contribution in [0.15, 0.2) is 47.5 Å². The summed E-state index contributed by atoms with van der Waals surface area (Å²) >= 11 is 1.77. The van der Waals surface area contributed by atoms with Crippen LogP contribution in [0, 0.1) is 5.41 Å². The number of hydrogen-bond donors (Lipinski definition) is 1. The van der Waals surface area contributed by atoms with Crippen molar-refractivity contribution in [3.05, 3.63) is 63.5 Å². The first kappa shape index (κ1) is 24.9. The van der Waals surface area contributed by atoms with Crippen LogP contribution in [0.3, 0.4) is 0 Å². The molecule has 2 fully saturated rings. The van der Waals surface area contributed by atoms with Crippen LogP contribution in [0.5, 0.6) is 0 Å². The number of carbonyl (C=O) groups excluding carboxylic acids is 3. The molecule has 0 saturated carbocycles. The van der Waals surface area contributed by atoms with E-state index in [2.05, 4.69) is 33.9 Å². The Morgan fingerprint density at radius 3 is 2.61 bits per heavy atom. The van der Waals surface area contributed by atoms with E-state index in [0.717, 1.165) is 50.0 Å². The molecule has 9 heteroatoms. The fourth-order valence-electron chi connectivity index (χ4n) is 5.77. The van der Waals surface area contributed by atoms with E-state index >= 15 is 0 Å². The van der Waals surface area contributed by atoms with E-state index in [0.29, 0.717) is 44.7 Å². The van der Waals surface area contributed by atoms with E-state index in [9.17, 15) is 14.4 Å². The fraction of sp³-hybridized carbons (Fsp3) is 0.448. The van der Waals surface area contributed by atoms with Crippen LogP contribution in [0.2, 0.25) is 0 Å². The van der Waals surface area contributed by atoms with Gasteiger partial charge >= 0.3 is 6.03 Å². The molecule has 38 heavy (non-hydrogen) atoms. The number of piperidine rings is 1. The molecule has 1 spiro atoms. The third kappa shape index (κ3) is 4.99. The molecular weight excluding hydrogens is 498 g/mol. The van der Waals surface area contributed by atoms with E-state index in [1.807, 2.05) is 26.8 Å². The Morgan fingerprint density at radius 1 is 1.11 bits per heavy atom.